The SMILES string of the molecule is CCN(CC(N)Cc1ccc(C(C)(C)C)cc1)c1cccc(C)c1. The third kappa shape index (κ3) is 5.10. The third-order valence-electron chi connectivity index (χ3n) is 4.52. The molecule has 2 aromatic rings. The van der Waals surface area contributed by atoms with Crippen LogP contribution in [0.15, 0.2) is 48.5 Å². The zero-order chi connectivity index (χ0) is 17.7. The molecule has 130 valence electrons. The summed E-state index contributed by atoms with van der Waals surface area (Å²) in [6, 6.07) is 17.7. The van der Waals surface area contributed by atoms with Gasteiger partial charge in [0.05, 0.1) is 0 Å². The third-order valence-corrected chi connectivity index (χ3v) is 4.52. The van der Waals surface area contributed by atoms with Gasteiger partial charge in [0.15, 0.2) is 0 Å². The van der Waals surface area contributed by atoms with Crippen LogP contribution in [0, 0.1) is 6.92 Å². The van der Waals surface area contributed by atoms with Crippen LogP contribution in [0.2, 0.25) is 0 Å². The summed E-state index contributed by atoms with van der Waals surface area (Å²) in [7, 11) is 0. The van der Waals surface area contributed by atoms with E-state index in [4.69, 9.17) is 5.73 Å². The average Bonchev–Trinajstić information content (AvgIpc) is 2.52. The molecule has 1 unspecified atom stereocenters. The summed E-state index contributed by atoms with van der Waals surface area (Å²) in [5.41, 5.74) is 11.9. The van der Waals surface area contributed by atoms with Gasteiger partial charge in [-0.05, 0) is 54.5 Å². The highest BCUT2D eigenvalue weighted by atomic mass is 15.1. The minimum absolute atomic E-state index is 0.131. The van der Waals surface area contributed by atoms with Gasteiger partial charge >= 0.3 is 0 Å². The summed E-state index contributed by atoms with van der Waals surface area (Å²) >= 11 is 0. The normalized spacial score (nSPS) is 12.9. The fourth-order valence-corrected chi connectivity index (χ4v) is 3.03. The molecular weight excluding hydrogens is 292 g/mol. The van der Waals surface area contributed by atoms with Gasteiger partial charge in [-0.2, -0.15) is 0 Å². The molecule has 2 N–H and O–H groups in total. The molecule has 0 aromatic heterocycles. The quantitative estimate of drug-likeness (QED) is 0.835. The molecule has 0 saturated carbocycles. The lowest BCUT2D eigenvalue weighted by atomic mass is 9.86. The minimum atomic E-state index is 0.131. The molecule has 0 spiro atoms. The van der Waals surface area contributed by atoms with Crippen LogP contribution >= 0.6 is 0 Å². The molecule has 0 amide bonds. The Labute approximate surface area is 147 Å². The van der Waals surface area contributed by atoms with Gasteiger partial charge in [-0.25, -0.2) is 0 Å². The summed E-state index contributed by atoms with van der Waals surface area (Å²) < 4.78 is 0. The molecule has 2 aromatic carbocycles. The topological polar surface area (TPSA) is 29.3 Å². The Bertz CT molecular complexity index is 638. The van der Waals surface area contributed by atoms with Crippen molar-refractivity contribution in [2.75, 3.05) is 18.0 Å². The van der Waals surface area contributed by atoms with Crippen molar-refractivity contribution >= 4 is 5.69 Å². The highest BCUT2D eigenvalue weighted by Crippen LogP contribution is 2.22. The molecule has 0 aliphatic rings. The Morgan fingerprint density at radius 3 is 2.25 bits per heavy atom. The second-order valence-corrected chi connectivity index (χ2v) is 7.79. The molecule has 0 bridgehead atoms. The maximum atomic E-state index is 6.44. The van der Waals surface area contributed by atoms with E-state index in [1.807, 2.05) is 0 Å². The van der Waals surface area contributed by atoms with E-state index >= 15 is 0 Å². The Morgan fingerprint density at radius 1 is 1.04 bits per heavy atom. The Kier molecular flexibility index (Phi) is 6.06. The second-order valence-electron chi connectivity index (χ2n) is 7.79. The lowest BCUT2D eigenvalue weighted by Crippen LogP contribution is -2.39. The van der Waals surface area contributed by atoms with E-state index in [9.17, 15) is 0 Å². The van der Waals surface area contributed by atoms with Gasteiger partial charge in [0.1, 0.15) is 0 Å². The van der Waals surface area contributed by atoms with Crippen LogP contribution in [0.25, 0.3) is 0 Å². The second kappa shape index (κ2) is 7.85. The lowest BCUT2D eigenvalue weighted by Gasteiger charge is -2.27. The number of hydrogen-bond acceptors (Lipinski definition) is 2. The number of nitrogens with zero attached hydrogens (tertiary/aromatic N) is 1. The zero-order valence-electron chi connectivity index (χ0n) is 15.8. The van der Waals surface area contributed by atoms with Crippen LogP contribution < -0.4 is 10.6 Å². The summed E-state index contributed by atoms with van der Waals surface area (Å²) in [6.45, 7) is 12.9. The number of aryl methyl sites for hydroxylation is 1. The minimum Gasteiger partial charge on any atom is -0.370 e. The van der Waals surface area contributed by atoms with E-state index in [1.165, 1.54) is 22.4 Å². The molecule has 0 heterocycles. The molecular formula is C22H32N2. The molecule has 0 aliphatic heterocycles. The molecule has 24 heavy (non-hydrogen) atoms. The van der Waals surface area contributed by atoms with Gasteiger partial charge in [0.25, 0.3) is 0 Å². The number of benzene rings is 2. The molecule has 0 radical (unpaired) electrons. The van der Waals surface area contributed by atoms with E-state index in [2.05, 4.69) is 88.0 Å². The summed E-state index contributed by atoms with van der Waals surface area (Å²) in [6.07, 6.45) is 0.909. The van der Waals surface area contributed by atoms with Crippen LogP contribution in [-0.2, 0) is 11.8 Å². The number of hydrogen-bond donors (Lipinski definition) is 1. The maximum absolute atomic E-state index is 6.44. The van der Waals surface area contributed by atoms with Crippen molar-refractivity contribution in [1.82, 2.24) is 0 Å². The number of anilines is 1. The van der Waals surface area contributed by atoms with Crippen molar-refractivity contribution in [3.8, 4) is 0 Å². The number of rotatable bonds is 6. The van der Waals surface area contributed by atoms with Crippen molar-refractivity contribution in [3.63, 3.8) is 0 Å². The fraction of sp³-hybridized carbons (Fsp3) is 0.455. The van der Waals surface area contributed by atoms with Gasteiger partial charge in [-0.3, -0.25) is 0 Å². The monoisotopic (exact) mass is 324 g/mol. The smallest absolute Gasteiger partial charge is 0.0369 e. The van der Waals surface area contributed by atoms with Crippen LogP contribution in [0.3, 0.4) is 0 Å². The van der Waals surface area contributed by atoms with E-state index in [0.29, 0.717) is 0 Å². The standard InChI is InChI=1S/C22H32N2/c1-6-24(21-9-7-8-17(2)14-21)16-20(23)15-18-10-12-19(13-11-18)22(3,4)5/h7-14,20H,6,15-16,23H2,1-5H3. The van der Waals surface area contributed by atoms with Crippen LogP contribution in [-0.4, -0.2) is 19.1 Å². The van der Waals surface area contributed by atoms with Gasteiger partial charge in [0, 0.05) is 24.8 Å². The van der Waals surface area contributed by atoms with Crippen LogP contribution in [0.1, 0.15) is 44.4 Å². The van der Waals surface area contributed by atoms with Crippen molar-refractivity contribution < 1.29 is 0 Å². The first-order valence-corrected chi connectivity index (χ1v) is 8.96. The van der Waals surface area contributed by atoms with Crippen molar-refractivity contribution in [3.05, 3.63) is 65.2 Å². The largest absolute Gasteiger partial charge is 0.370 e. The highest BCUT2D eigenvalue weighted by molar-refractivity contribution is 5.48. The van der Waals surface area contributed by atoms with E-state index in [-0.39, 0.29) is 11.5 Å². The summed E-state index contributed by atoms with van der Waals surface area (Å²) in [4.78, 5) is 2.36. The molecule has 2 nitrogen and oxygen atoms in total. The number of nitrogens with two attached hydrogens (primary N) is 1. The van der Waals surface area contributed by atoms with Crippen molar-refractivity contribution in [1.29, 1.82) is 0 Å². The summed E-state index contributed by atoms with van der Waals surface area (Å²) in [5, 5.41) is 0. The zero-order valence-corrected chi connectivity index (χ0v) is 15.8. The molecule has 0 saturated heterocycles. The number of likely N-dealkylation sites (N-methyl/N-ethyl adjacent to an activating group) is 1. The van der Waals surface area contributed by atoms with Crippen LogP contribution in [0.4, 0.5) is 5.69 Å². The fourth-order valence-electron chi connectivity index (χ4n) is 3.03. The van der Waals surface area contributed by atoms with Gasteiger partial charge < -0.3 is 10.6 Å². The van der Waals surface area contributed by atoms with Crippen molar-refractivity contribution in [2.45, 2.75) is 52.5 Å². The Hall–Kier alpha value is -1.80. The van der Waals surface area contributed by atoms with E-state index in [1.54, 1.807) is 0 Å². The first-order chi connectivity index (χ1) is 11.3. The first-order valence-electron chi connectivity index (χ1n) is 8.96. The van der Waals surface area contributed by atoms with Crippen LogP contribution in [0.5, 0.6) is 0 Å². The van der Waals surface area contributed by atoms with E-state index < -0.39 is 0 Å². The summed E-state index contributed by atoms with van der Waals surface area (Å²) in [5.74, 6) is 0. The molecule has 2 heteroatoms. The van der Waals surface area contributed by atoms with Gasteiger partial charge in [-0.15, -0.1) is 0 Å². The molecule has 2 rings (SSSR count). The molecule has 1 atom stereocenters. The predicted octanol–water partition coefficient (Wildman–Crippen LogP) is 4.69. The highest BCUT2D eigenvalue weighted by Gasteiger charge is 2.14. The molecule has 0 aliphatic carbocycles. The van der Waals surface area contributed by atoms with Crippen molar-refractivity contribution in [2.24, 2.45) is 5.73 Å². The predicted molar refractivity (Wildman–Crippen MR) is 106 cm³/mol. The lowest BCUT2D eigenvalue weighted by molar-refractivity contribution is 0.589. The Balaban J connectivity index is 2.00. The maximum Gasteiger partial charge on any atom is 0.0369 e. The molecule has 0 fully saturated rings. The van der Waals surface area contributed by atoms with Gasteiger partial charge in [0.2, 0.25) is 0 Å². The first kappa shape index (κ1) is 18.5. The van der Waals surface area contributed by atoms with E-state index in [0.717, 1.165) is 19.5 Å². The van der Waals surface area contributed by atoms with Gasteiger partial charge in [-0.1, -0.05) is 57.2 Å². The Morgan fingerprint density at radius 2 is 1.71 bits per heavy atom. The average molecular weight is 325 g/mol.